The standard InChI is InChI=1S/C19H21N3O6S/c1-27-14-6-4-13(5-7-14)9-20-17(24)12-28-18(25)11-21-16(23)10-22-19(26)15-3-2-8-29-15/h2-8H,9-12H2,1H3,(H,20,24)(H,21,23)(H,22,26). The first-order valence-electron chi connectivity index (χ1n) is 8.61. The number of methoxy groups -OCH3 is 1. The summed E-state index contributed by atoms with van der Waals surface area (Å²) in [5.74, 6) is -1.43. The van der Waals surface area contributed by atoms with Gasteiger partial charge in [-0.3, -0.25) is 19.2 Å². The molecule has 1 aromatic heterocycles. The van der Waals surface area contributed by atoms with Gasteiger partial charge >= 0.3 is 5.97 Å². The molecule has 0 radical (unpaired) electrons. The van der Waals surface area contributed by atoms with E-state index in [1.807, 2.05) is 0 Å². The zero-order valence-corrected chi connectivity index (χ0v) is 16.5. The average Bonchev–Trinajstić information content (AvgIpc) is 3.28. The van der Waals surface area contributed by atoms with Crippen LogP contribution >= 0.6 is 11.3 Å². The molecule has 3 N–H and O–H groups in total. The molecule has 154 valence electrons. The lowest BCUT2D eigenvalue weighted by Crippen LogP contribution is -2.39. The number of carbonyl (C=O) groups excluding carboxylic acids is 4. The van der Waals surface area contributed by atoms with Crippen LogP contribution in [0, 0.1) is 0 Å². The summed E-state index contributed by atoms with van der Waals surface area (Å²) in [5, 5.41) is 9.10. The highest BCUT2D eigenvalue weighted by molar-refractivity contribution is 7.12. The Morgan fingerprint density at radius 2 is 1.69 bits per heavy atom. The number of amides is 3. The third-order valence-corrected chi connectivity index (χ3v) is 4.47. The molecule has 0 atom stereocenters. The van der Waals surface area contributed by atoms with Crippen LogP contribution in [-0.4, -0.2) is 50.5 Å². The summed E-state index contributed by atoms with van der Waals surface area (Å²) >= 11 is 1.25. The van der Waals surface area contributed by atoms with Crippen LogP contribution in [0.15, 0.2) is 41.8 Å². The second kappa shape index (κ2) is 11.4. The van der Waals surface area contributed by atoms with Crippen molar-refractivity contribution < 1.29 is 28.7 Å². The van der Waals surface area contributed by atoms with Crippen LogP contribution in [-0.2, 0) is 25.7 Å². The van der Waals surface area contributed by atoms with Crippen molar-refractivity contribution in [2.24, 2.45) is 0 Å². The van der Waals surface area contributed by atoms with Crippen LogP contribution in [0.1, 0.15) is 15.2 Å². The number of thiophene rings is 1. The summed E-state index contributed by atoms with van der Waals surface area (Å²) in [6.07, 6.45) is 0. The largest absolute Gasteiger partial charge is 0.497 e. The zero-order chi connectivity index (χ0) is 21.1. The van der Waals surface area contributed by atoms with Gasteiger partial charge in [0.25, 0.3) is 11.8 Å². The molecule has 0 unspecified atom stereocenters. The Labute approximate surface area is 171 Å². The van der Waals surface area contributed by atoms with Crippen molar-refractivity contribution in [3.05, 3.63) is 52.2 Å². The van der Waals surface area contributed by atoms with Crippen LogP contribution < -0.4 is 20.7 Å². The molecule has 2 aromatic rings. The van der Waals surface area contributed by atoms with E-state index < -0.39 is 30.9 Å². The van der Waals surface area contributed by atoms with Crippen molar-refractivity contribution >= 4 is 35.0 Å². The monoisotopic (exact) mass is 419 g/mol. The first-order valence-corrected chi connectivity index (χ1v) is 9.49. The second-order valence-corrected chi connectivity index (χ2v) is 6.67. The highest BCUT2D eigenvalue weighted by Crippen LogP contribution is 2.10. The summed E-state index contributed by atoms with van der Waals surface area (Å²) in [6, 6.07) is 10.5. The normalized spacial score (nSPS) is 9.97. The predicted octanol–water partition coefficient (Wildman–Crippen LogP) is 0.462. The second-order valence-electron chi connectivity index (χ2n) is 5.72. The maximum absolute atomic E-state index is 11.7. The third-order valence-electron chi connectivity index (χ3n) is 3.60. The smallest absolute Gasteiger partial charge is 0.325 e. The van der Waals surface area contributed by atoms with Gasteiger partial charge in [-0.15, -0.1) is 11.3 Å². The van der Waals surface area contributed by atoms with Crippen LogP contribution in [0.25, 0.3) is 0 Å². The Balaban J connectivity index is 1.57. The van der Waals surface area contributed by atoms with E-state index in [1.165, 1.54) is 11.3 Å². The molecule has 1 heterocycles. The predicted molar refractivity (Wildman–Crippen MR) is 105 cm³/mol. The van der Waals surface area contributed by atoms with Crippen molar-refractivity contribution in [2.75, 3.05) is 26.8 Å². The van der Waals surface area contributed by atoms with Crippen LogP contribution in [0.5, 0.6) is 5.75 Å². The van der Waals surface area contributed by atoms with Gasteiger partial charge < -0.3 is 25.4 Å². The van der Waals surface area contributed by atoms with Crippen molar-refractivity contribution in [1.29, 1.82) is 0 Å². The van der Waals surface area contributed by atoms with Crippen LogP contribution in [0.3, 0.4) is 0 Å². The first-order chi connectivity index (χ1) is 14.0. The van der Waals surface area contributed by atoms with Gasteiger partial charge in [-0.1, -0.05) is 18.2 Å². The highest BCUT2D eigenvalue weighted by Gasteiger charge is 2.11. The number of rotatable bonds is 10. The molecule has 0 aliphatic heterocycles. The van der Waals surface area contributed by atoms with Gasteiger partial charge in [-0.05, 0) is 29.1 Å². The first kappa shape index (κ1) is 21.9. The average molecular weight is 419 g/mol. The van der Waals surface area contributed by atoms with Crippen molar-refractivity contribution in [3.8, 4) is 5.75 Å². The SMILES string of the molecule is COc1ccc(CNC(=O)COC(=O)CNC(=O)CNC(=O)c2cccs2)cc1. The summed E-state index contributed by atoms with van der Waals surface area (Å²) < 4.78 is 9.84. The fourth-order valence-corrected chi connectivity index (χ4v) is 2.72. The summed E-state index contributed by atoms with van der Waals surface area (Å²) in [4.78, 5) is 47.2. The Bertz CT molecular complexity index is 836. The van der Waals surface area contributed by atoms with E-state index in [2.05, 4.69) is 16.0 Å². The van der Waals surface area contributed by atoms with Gasteiger partial charge in [-0.2, -0.15) is 0 Å². The fraction of sp³-hybridized carbons (Fsp3) is 0.263. The Morgan fingerprint density at radius 3 is 2.34 bits per heavy atom. The lowest BCUT2D eigenvalue weighted by molar-refractivity contribution is -0.148. The molecule has 10 heteroatoms. The quantitative estimate of drug-likeness (QED) is 0.481. The van der Waals surface area contributed by atoms with E-state index in [4.69, 9.17) is 9.47 Å². The van der Waals surface area contributed by atoms with Crippen molar-refractivity contribution in [2.45, 2.75) is 6.54 Å². The molecule has 0 spiro atoms. The summed E-state index contributed by atoms with van der Waals surface area (Å²) in [7, 11) is 1.56. The molecule has 29 heavy (non-hydrogen) atoms. The van der Waals surface area contributed by atoms with Gasteiger partial charge in [0.05, 0.1) is 18.5 Å². The molecule has 0 aliphatic rings. The summed E-state index contributed by atoms with van der Waals surface area (Å²) in [5.41, 5.74) is 0.863. The number of nitrogens with one attached hydrogen (secondary N) is 3. The summed E-state index contributed by atoms with van der Waals surface area (Å²) in [6.45, 7) is -0.854. The maximum atomic E-state index is 11.7. The number of ether oxygens (including phenoxy) is 2. The van der Waals surface area contributed by atoms with Crippen molar-refractivity contribution in [1.82, 2.24) is 16.0 Å². The molecular formula is C19H21N3O6S. The molecule has 3 amide bonds. The van der Waals surface area contributed by atoms with Gasteiger partial charge in [0.15, 0.2) is 6.61 Å². The lowest BCUT2D eigenvalue weighted by atomic mass is 10.2. The Kier molecular flexibility index (Phi) is 8.64. The molecule has 9 nitrogen and oxygen atoms in total. The number of carbonyl (C=O) groups is 4. The molecule has 1 aromatic carbocycles. The number of benzene rings is 1. The minimum absolute atomic E-state index is 0.271. The maximum Gasteiger partial charge on any atom is 0.325 e. The minimum Gasteiger partial charge on any atom is -0.497 e. The van der Waals surface area contributed by atoms with Gasteiger partial charge in [0, 0.05) is 6.54 Å². The van der Waals surface area contributed by atoms with E-state index >= 15 is 0 Å². The zero-order valence-electron chi connectivity index (χ0n) is 15.7. The van der Waals surface area contributed by atoms with Gasteiger partial charge in [0.2, 0.25) is 5.91 Å². The number of esters is 1. The lowest BCUT2D eigenvalue weighted by Gasteiger charge is -2.08. The molecule has 0 bridgehead atoms. The Hall–Kier alpha value is -3.40. The van der Waals surface area contributed by atoms with Gasteiger partial charge in [0.1, 0.15) is 12.3 Å². The van der Waals surface area contributed by atoms with Crippen molar-refractivity contribution in [3.63, 3.8) is 0 Å². The van der Waals surface area contributed by atoms with E-state index in [9.17, 15) is 19.2 Å². The fourth-order valence-electron chi connectivity index (χ4n) is 2.08. The highest BCUT2D eigenvalue weighted by atomic mass is 32.1. The molecule has 0 aliphatic carbocycles. The number of hydrogen-bond donors (Lipinski definition) is 3. The van der Waals surface area contributed by atoms with Crippen LogP contribution in [0.2, 0.25) is 0 Å². The molecule has 0 saturated heterocycles. The van der Waals surface area contributed by atoms with Crippen LogP contribution in [0.4, 0.5) is 0 Å². The molecule has 2 rings (SSSR count). The topological polar surface area (TPSA) is 123 Å². The molecular weight excluding hydrogens is 398 g/mol. The number of hydrogen-bond acceptors (Lipinski definition) is 7. The molecule has 0 saturated carbocycles. The minimum atomic E-state index is -0.762. The van der Waals surface area contributed by atoms with Gasteiger partial charge in [-0.25, -0.2) is 0 Å². The van der Waals surface area contributed by atoms with E-state index in [0.29, 0.717) is 10.6 Å². The molecule has 0 fully saturated rings. The third kappa shape index (κ3) is 8.01. The Morgan fingerprint density at radius 1 is 0.931 bits per heavy atom. The van der Waals surface area contributed by atoms with E-state index in [0.717, 1.165) is 5.56 Å². The van der Waals surface area contributed by atoms with E-state index in [1.54, 1.807) is 48.9 Å². The van der Waals surface area contributed by atoms with E-state index in [-0.39, 0.29) is 19.0 Å².